The van der Waals surface area contributed by atoms with Crippen LogP contribution in [0, 0.1) is 0 Å². The normalized spacial score (nSPS) is 13.5. The van der Waals surface area contributed by atoms with E-state index in [1.807, 2.05) is 0 Å². The second kappa shape index (κ2) is 7.20. The van der Waals surface area contributed by atoms with Gasteiger partial charge in [-0.05, 0) is 37.6 Å². The third-order valence-electron chi connectivity index (χ3n) is 2.38. The molecule has 0 aliphatic carbocycles. The Labute approximate surface area is 120 Å². The zero-order valence-electron chi connectivity index (χ0n) is 11.5. The molecule has 0 N–H and O–H groups in total. The molecule has 0 unspecified atom stereocenters. The maximum atomic E-state index is 14.0. The summed E-state index contributed by atoms with van der Waals surface area (Å²) in [5.74, 6) is 0. The highest BCUT2D eigenvalue weighted by Gasteiger charge is 2.31. The molecule has 3 nitrogen and oxygen atoms in total. The summed E-state index contributed by atoms with van der Waals surface area (Å²) in [5, 5.41) is 0. The molecular formula is C13H15F4O3P. The SMILES string of the molecule is CCOP(=O)(OCC)/C(F)=C/c1ccc(C(F)(F)F)cc1. The highest BCUT2D eigenvalue weighted by atomic mass is 31.2. The van der Waals surface area contributed by atoms with Gasteiger partial charge in [-0.2, -0.15) is 17.6 Å². The first-order valence-corrected chi connectivity index (χ1v) is 7.71. The summed E-state index contributed by atoms with van der Waals surface area (Å²) in [4.78, 5) is 0. The van der Waals surface area contributed by atoms with E-state index in [1.54, 1.807) is 0 Å². The predicted molar refractivity (Wildman–Crippen MR) is 71.4 cm³/mol. The van der Waals surface area contributed by atoms with Gasteiger partial charge in [0.05, 0.1) is 18.8 Å². The molecule has 1 aromatic carbocycles. The van der Waals surface area contributed by atoms with Crippen molar-refractivity contribution >= 4 is 13.7 Å². The fourth-order valence-corrected chi connectivity index (χ4v) is 2.79. The third-order valence-corrected chi connectivity index (χ3v) is 4.23. The topological polar surface area (TPSA) is 35.5 Å². The van der Waals surface area contributed by atoms with Crippen molar-refractivity contribution in [3.05, 3.63) is 41.0 Å². The molecule has 0 bridgehead atoms. The lowest BCUT2D eigenvalue weighted by atomic mass is 10.1. The van der Waals surface area contributed by atoms with Gasteiger partial charge in [0, 0.05) is 0 Å². The molecule has 1 aromatic rings. The van der Waals surface area contributed by atoms with Crippen LogP contribution >= 0.6 is 7.60 Å². The van der Waals surface area contributed by atoms with E-state index in [4.69, 9.17) is 9.05 Å². The summed E-state index contributed by atoms with van der Waals surface area (Å²) < 4.78 is 72.8. The molecule has 8 heteroatoms. The van der Waals surface area contributed by atoms with Crippen LogP contribution < -0.4 is 0 Å². The molecule has 0 saturated carbocycles. The fraction of sp³-hybridized carbons (Fsp3) is 0.385. The molecule has 0 amide bonds. The van der Waals surface area contributed by atoms with Crippen molar-refractivity contribution in [2.45, 2.75) is 20.0 Å². The Hall–Kier alpha value is -1.17. The largest absolute Gasteiger partial charge is 0.416 e. The van der Waals surface area contributed by atoms with E-state index in [-0.39, 0.29) is 18.8 Å². The monoisotopic (exact) mass is 326 g/mol. The van der Waals surface area contributed by atoms with Gasteiger partial charge in [0.1, 0.15) is 0 Å². The zero-order valence-corrected chi connectivity index (χ0v) is 12.4. The molecule has 0 aliphatic rings. The summed E-state index contributed by atoms with van der Waals surface area (Å²) in [5.41, 5.74) is -1.87. The Morgan fingerprint density at radius 1 is 1.14 bits per heavy atom. The van der Waals surface area contributed by atoms with Crippen LogP contribution in [-0.4, -0.2) is 13.2 Å². The first kappa shape index (κ1) is 17.9. The Morgan fingerprint density at radius 2 is 1.62 bits per heavy atom. The van der Waals surface area contributed by atoms with Crippen molar-refractivity contribution < 1.29 is 31.2 Å². The van der Waals surface area contributed by atoms with Gasteiger partial charge in [0.25, 0.3) is 0 Å². The van der Waals surface area contributed by atoms with Crippen LogP contribution in [0.2, 0.25) is 0 Å². The lowest BCUT2D eigenvalue weighted by Crippen LogP contribution is -2.04. The van der Waals surface area contributed by atoms with E-state index in [2.05, 4.69) is 0 Å². The van der Waals surface area contributed by atoms with Crippen LogP contribution in [0.3, 0.4) is 0 Å². The molecule has 118 valence electrons. The second-order valence-corrected chi connectivity index (χ2v) is 5.86. The summed E-state index contributed by atoms with van der Waals surface area (Å²) in [6.07, 6.45) is -3.63. The van der Waals surface area contributed by atoms with E-state index in [0.29, 0.717) is 0 Å². The van der Waals surface area contributed by atoms with Gasteiger partial charge in [-0.1, -0.05) is 12.1 Å². The van der Waals surface area contributed by atoms with Crippen molar-refractivity contribution in [1.82, 2.24) is 0 Å². The number of rotatable bonds is 6. The molecule has 21 heavy (non-hydrogen) atoms. The highest BCUT2D eigenvalue weighted by Crippen LogP contribution is 2.57. The lowest BCUT2D eigenvalue weighted by Gasteiger charge is -2.14. The number of hydrogen-bond donors (Lipinski definition) is 0. The van der Waals surface area contributed by atoms with Gasteiger partial charge in [-0.15, -0.1) is 0 Å². The average molecular weight is 326 g/mol. The van der Waals surface area contributed by atoms with Crippen LogP contribution in [-0.2, 0) is 19.8 Å². The maximum Gasteiger partial charge on any atom is 0.416 e. The first-order chi connectivity index (χ1) is 9.73. The predicted octanol–water partition coefficient (Wildman–Crippen LogP) is 5.24. The fourth-order valence-electron chi connectivity index (χ4n) is 1.49. The molecule has 0 aromatic heterocycles. The van der Waals surface area contributed by atoms with E-state index in [9.17, 15) is 22.1 Å². The number of benzene rings is 1. The van der Waals surface area contributed by atoms with Crippen LogP contribution in [0.1, 0.15) is 25.0 Å². The Balaban J connectivity index is 3.03. The second-order valence-electron chi connectivity index (χ2n) is 3.92. The molecule has 0 heterocycles. The standard InChI is InChI=1S/C13H15F4O3P/c1-3-19-21(18,20-4-2)12(14)9-10-5-7-11(8-6-10)13(15,16)17/h5-9H,3-4H2,1-2H3/b12-9+. The molecule has 0 aliphatic heterocycles. The zero-order chi connectivity index (χ0) is 16.1. The first-order valence-electron chi connectivity index (χ1n) is 6.17. The van der Waals surface area contributed by atoms with Crippen molar-refractivity contribution in [1.29, 1.82) is 0 Å². The molecule has 0 saturated heterocycles. The Kier molecular flexibility index (Phi) is 6.13. The summed E-state index contributed by atoms with van der Waals surface area (Å²) >= 11 is 0. The molecule has 1 rings (SSSR count). The van der Waals surface area contributed by atoms with Gasteiger partial charge in [0.15, 0.2) is 0 Å². The van der Waals surface area contributed by atoms with E-state index in [1.165, 1.54) is 13.8 Å². The quantitative estimate of drug-likeness (QED) is 0.530. The van der Waals surface area contributed by atoms with Crippen molar-refractivity contribution in [3.63, 3.8) is 0 Å². The van der Waals surface area contributed by atoms with Gasteiger partial charge in [-0.25, -0.2) is 0 Å². The van der Waals surface area contributed by atoms with Crippen LogP contribution in [0.4, 0.5) is 17.6 Å². The average Bonchev–Trinajstić information content (AvgIpc) is 2.38. The minimum Gasteiger partial charge on any atom is -0.304 e. The van der Waals surface area contributed by atoms with Crippen LogP contribution in [0.15, 0.2) is 29.8 Å². The summed E-state index contributed by atoms with van der Waals surface area (Å²) in [6.45, 7) is 3.01. The van der Waals surface area contributed by atoms with E-state index < -0.39 is 24.9 Å². The van der Waals surface area contributed by atoms with Gasteiger partial charge in [-0.3, -0.25) is 4.57 Å². The highest BCUT2D eigenvalue weighted by molar-refractivity contribution is 7.58. The van der Waals surface area contributed by atoms with Gasteiger partial charge in [0.2, 0.25) is 5.57 Å². The smallest absolute Gasteiger partial charge is 0.304 e. The maximum absolute atomic E-state index is 14.0. The lowest BCUT2D eigenvalue weighted by molar-refractivity contribution is -0.137. The number of hydrogen-bond acceptors (Lipinski definition) is 3. The summed E-state index contributed by atoms with van der Waals surface area (Å²) in [6, 6.07) is 3.77. The molecule has 0 radical (unpaired) electrons. The number of alkyl halides is 3. The van der Waals surface area contributed by atoms with Gasteiger partial charge >= 0.3 is 13.8 Å². The summed E-state index contributed by atoms with van der Waals surface area (Å²) in [7, 11) is -4.05. The molecule has 0 atom stereocenters. The third kappa shape index (κ3) is 4.95. The number of halogens is 4. The Morgan fingerprint density at radius 3 is 2.00 bits per heavy atom. The molecule has 0 fully saturated rings. The van der Waals surface area contributed by atoms with Crippen LogP contribution in [0.25, 0.3) is 6.08 Å². The minimum absolute atomic E-state index is 0.0223. The molecular weight excluding hydrogens is 311 g/mol. The van der Waals surface area contributed by atoms with Crippen LogP contribution in [0.5, 0.6) is 0 Å². The van der Waals surface area contributed by atoms with E-state index >= 15 is 0 Å². The minimum atomic E-state index is -4.47. The Bertz CT molecular complexity index is 527. The van der Waals surface area contributed by atoms with Crippen molar-refractivity contribution in [2.24, 2.45) is 0 Å². The van der Waals surface area contributed by atoms with Gasteiger partial charge < -0.3 is 9.05 Å². The van der Waals surface area contributed by atoms with Crippen molar-refractivity contribution in [2.75, 3.05) is 13.2 Å². The van der Waals surface area contributed by atoms with Crippen molar-refractivity contribution in [3.8, 4) is 0 Å². The van der Waals surface area contributed by atoms with E-state index in [0.717, 1.165) is 30.3 Å². The molecule has 0 spiro atoms.